The van der Waals surface area contributed by atoms with Gasteiger partial charge in [0.15, 0.2) is 0 Å². The smallest absolute Gasteiger partial charge is 0.232 e. The molecular weight excluding hydrogens is 251 g/mol. The SMILES string of the molecule is CCN(CCC#N)C(=O)CSc1ccccc1F. The fraction of sp³-hybridized carbons (Fsp3) is 0.385. The zero-order valence-electron chi connectivity index (χ0n) is 10.2. The Morgan fingerprint density at radius 2 is 2.22 bits per heavy atom. The number of hydrogen-bond acceptors (Lipinski definition) is 3. The minimum absolute atomic E-state index is 0.0685. The van der Waals surface area contributed by atoms with Crippen LogP contribution in [0.2, 0.25) is 0 Å². The summed E-state index contributed by atoms with van der Waals surface area (Å²) >= 11 is 1.18. The predicted molar refractivity (Wildman–Crippen MR) is 69.6 cm³/mol. The van der Waals surface area contributed by atoms with Gasteiger partial charge in [0.25, 0.3) is 0 Å². The monoisotopic (exact) mass is 266 g/mol. The quantitative estimate of drug-likeness (QED) is 0.744. The molecular formula is C13H15FN2OS. The van der Waals surface area contributed by atoms with E-state index in [-0.39, 0.29) is 17.5 Å². The third-order valence-electron chi connectivity index (χ3n) is 2.42. The van der Waals surface area contributed by atoms with Crippen molar-refractivity contribution in [3.05, 3.63) is 30.1 Å². The molecule has 1 rings (SSSR count). The van der Waals surface area contributed by atoms with Crippen LogP contribution >= 0.6 is 11.8 Å². The van der Waals surface area contributed by atoms with Gasteiger partial charge in [0.2, 0.25) is 5.91 Å². The predicted octanol–water partition coefficient (Wildman–Crippen LogP) is 2.68. The zero-order valence-corrected chi connectivity index (χ0v) is 11.0. The molecule has 0 N–H and O–H groups in total. The van der Waals surface area contributed by atoms with E-state index in [4.69, 9.17) is 5.26 Å². The lowest BCUT2D eigenvalue weighted by molar-refractivity contribution is -0.128. The van der Waals surface area contributed by atoms with Crippen LogP contribution in [0, 0.1) is 17.1 Å². The normalized spacial score (nSPS) is 9.83. The lowest BCUT2D eigenvalue weighted by atomic mass is 10.3. The average molecular weight is 266 g/mol. The molecule has 0 aliphatic carbocycles. The van der Waals surface area contributed by atoms with E-state index in [2.05, 4.69) is 0 Å². The molecule has 1 amide bonds. The Bertz CT molecular complexity index is 445. The molecule has 96 valence electrons. The van der Waals surface area contributed by atoms with Crippen LogP contribution in [-0.4, -0.2) is 29.6 Å². The van der Waals surface area contributed by atoms with E-state index >= 15 is 0 Å². The number of thioether (sulfide) groups is 1. The minimum Gasteiger partial charge on any atom is -0.341 e. The van der Waals surface area contributed by atoms with Crippen LogP contribution in [0.1, 0.15) is 13.3 Å². The molecule has 0 fully saturated rings. The largest absolute Gasteiger partial charge is 0.341 e. The lowest BCUT2D eigenvalue weighted by Gasteiger charge is -2.19. The summed E-state index contributed by atoms with van der Waals surface area (Å²) in [5.41, 5.74) is 0. The molecule has 3 nitrogen and oxygen atoms in total. The minimum atomic E-state index is -0.310. The summed E-state index contributed by atoms with van der Waals surface area (Å²) in [5.74, 6) is -0.184. The molecule has 5 heteroatoms. The number of hydrogen-bond donors (Lipinski definition) is 0. The van der Waals surface area contributed by atoms with Crippen molar-refractivity contribution in [2.45, 2.75) is 18.2 Å². The highest BCUT2D eigenvalue weighted by Gasteiger charge is 2.12. The maximum absolute atomic E-state index is 13.3. The molecule has 1 aromatic rings. The summed E-state index contributed by atoms with van der Waals surface area (Å²) < 4.78 is 13.3. The second kappa shape index (κ2) is 7.72. The Morgan fingerprint density at radius 3 is 2.83 bits per heavy atom. The zero-order chi connectivity index (χ0) is 13.4. The van der Waals surface area contributed by atoms with Crippen molar-refractivity contribution < 1.29 is 9.18 Å². The van der Waals surface area contributed by atoms with Crippen molar-refractivity contribution in [3.63, 3.8) is 0 Å². The summed E-state index contributed by atoms with van der Waals surface area (Å²) in [5, 5.41) is 8.49. The van der Waals surface area contributed by atoms with Gasteiger partial charge in [-0.1, -0.05) is 12.1 Å². The van der Waals surface area contributed by atoms with E-state index in [0.717, 1.165) is 0 Å². The molecule has 0 radical (unpaired) electrons. The van der Waals surface area contributed by atoms with Gasteiger partial charge in [-0.3, -0.25) is 4.79 Å². The first-order valence-corrected chi connectivity index (χ1v) is 6.69. The van der Waals surface area contributed by atoms with Gasteiger partial charge in [-0.2, -0.15) is 5.26 Å². The van der Waals surface area contributed by atoms with Gasteiger partial charge < -0.3 is 4.90 Å². The number of amides is 1. The highest BCUT2D eigenvalue weighted by Crippen LogP contribution is 2.21. The van der Waals surface area contributed by atoms with Crippen molar-refractivity contribution in [2.75, 3.05) is 18.8 Å². The summed E-state index contributed by atoms with van der Waals surface area (Å²) in [6, 6.07) is 8.39. The van der Waals surface area contributed by atoms with E-state index in [1.807, 2.05) is 13.0 Å². The highest BCUT2D eigenvalue weighted by atomic mass is 32.2. The molecule has 18 heavy (non-hydrogen) atoms. The van der Waals surface area contributed by atoms with E-state index in [1.54, 1.807) is 23.1 Å². The molecule has 0 heterocycles. The third kappa shape index (κ3) is 4.38. The van der Waals surface area contributed by atoms with Crippen molar-refractivity contribution in [1.29, 1.82) is 5.26 Å². The van der Waals surface area contributed by atoms with Crippen molar-refractivity contribution in [3.8, 4) is 6.07 Å². The average Bonchev–Trinajstić information content (AvgIpc) is 2.38. The van der Waals surface area contributed by atoms with Crippen LogP contribution in [0.3, 0.4) is 0 Å². The first kappa shape index (κ1) is 14.5. The van der Waals surface area contributed by atoms with Gasteiger partial charge >= 0.3 is 0 Å². The van der Waals surface area contributed by atoms with Crippen LogP contribution in [0.15, 0.2) is 29.2 Å². The first-order valence-electron chi connectivity index (χ1n) is 5.71. The number of nitrogens with zero attached hydrogens (tertiary/aromatic N) is 2. The van der Waals surface area contributed by atoms with Crippen molar-refractivity contribution in [2.24, 2.45) is 0 Å². The van der Waals surface area contributed by atoms with Gasteiger partial charge in [-0.25, -0.2) is 4.39 Å². The Hall–Kier alpha value is -1.54. The Balaban J connectivity index is 2.50. The van der Waals surface area contributed by atoms with Crippen LogP contribution < -0.4 is 0 Å². The fourth-order valence-electron chi connectivity index (χ4n) is 1.44. The molecule has 0 unspecified atom stereocenters. The first-order chi connectivity index (χ1) is 8.69. The van der Waals surface area contributed by atoms with Crippen LogP contribution in [0.4, 0.5) is 4.39 Å². The van der Waals surface area contributed by atoms with E-state index in [9.17, 15) is 9.18 Å². The molecule has 0 aromatic heterocycles. The van der Waals surface area contributed by atoms with E-state index in [1.165, 1.54) is 17.8 Å². The fourth-order valence-corrected chi connectivity index (χ4v) is 2.28. The maximum Gasteiger partial charge on any atom is 0.232 e. The summed E-state index contributed by atoms with van der Waals surface area (Å²) in [6.45, 7) is 2.87. The van der Waals surface area contributed by atoms with Crippen LogP contribution in [0.5, 0.6) is 0 Å². The van der Waals surface area contributed by atoms with E-state index in [0.29, 0.717) is 24.4 Å². The second-order valence-electron chi connectivity index (χ2n) is 3.60. The molecule has 0 atom stereocenters. The molecule has 1 aromatic carbocycles. The summed E-state index contributed by atoms with van der Waals surface area (Å²) in [6.07, 6.45) is 0.323. The standard InChI is InChI=1S/C13H15FN2OS/c1-2-16(9-5-8-15)13(17)10-18-12-7-4-3-6-11(12)14/h3-4,6-7H,2,5,9-10H2,1H3. The van der Waals surface area contributed by atoms with Crippen LogP contribution in [-0.2, 0) is 4.79 Å². The van der Waals surface area contributed by atoms with Gasteiger partial charge in [0.05, 0.1) is 18.2 Å². The summed E-state index contributed by atoms with van der Waals surface area (Å²) in [7, 11) is 0. The topological polar surface area (TPSA) is 44.1 Å². The Morgan fingerprint density at radius 1 is 1.50 bits per heavy atom. The molecule has 0 aliphatic heterocycles. The van der Waals surface area contributed by atoms with Crippen LogP contribution in [0.25, 0.3) is 0 Å². The number of halogens is 1. The van der Waals surface area contributed by atoms with E-state index < -0.39 is 0 Å². The molecule has 0 bridgehead atoms. The molecule has 0 spiro atoms. The van der Waals surface area contributed by atoms with Gasteiger partial charge in [-0.05, 0) is 19.1 Å². The highest BCUT2D eigenvalue weighted by molar-refractivity contribution is 8.00. The van der Waals surface area contributed by atoms with Crippen molar-refractivity contribution in [1.82, 2.24) is 4.90 Å². The number of carbonyl (C=O) groups excluding carboxylic acids is 1. The lowest BCUT2D eigenvalue weighted by Crippen LogP contribution is -2.33. The number of rotatable bonds is 6. The third-order valence-corrected chi connectivity index (χ3v) is 3.45. The number of nitriles is 1. The van der Waals surface area contributed by atoms with Gasteiger partial charge in [0.1, 0.15) is 5.82 Å². The molecule has 0 saturated carbocycles. The van der Waals surface area contributed by atoms with Gasteiger partial charge in [0, 0.05) is 18.0 Å². The summed E-state index contributed by atoms with van der Waals surface area (Å²) in [4.78, 5) is 13.9. The molecule has 0 aliphatic rings. The Labute approximate surface area is 111 Å². The number of carbonyl (C=O) groups is 1. The van der Waals surface area contributed by atoms with Crippen molar-refractivity contribution >= 4 is 17.7 Å². The maximum atomic E-state index is 13.3. The number of benzene rings is 1. The molecule has 0 saturated heterocycles. The second-order valence-corrected chi connectivity index (χ2v) is 4.62. The van der Waals surface area contributed by atoms with Gasteiger partial charge in [-0.15, -0.1) is 11.8 Å². The Kier molecular flexibility index (Phi) is 6.23.